The van der Waals surface area contributed by atoms with Crippen molar-refractivity contribution in [1.29, 1.82) is 0 Å². The monoisotopic (exact) mass is 306 g/mol. The van der Waals surface area contributed by atoms with Crippen molar-refractivity contribution in [3.8, 4) is 0 Å². The van der Waals surface area contributed by atoms with E-state index in [4.69, 9.17) is 4.74 Å². The van der Waals surface area contributed by atoms with E-state index in [2.05, 4.69) is 15.2 Å². The summed E-state index contributed by atoms with van der Waals surface area (Å²) in [5, 5.41) is 14.0. The molecule has 0 radical (unpaired) electrons. The van der Waals surface area contributed by atoms with Gasteiger partial charge in [0, 0.05) is 38.3 Å². The van der Waals surface area contributed by atoms with E-state index in [-0.39, 0.29) is 5.69 Å². The fourth-order valence-electron chi connectivity index (χ4n) is 3.14. The second-order valence-corrected chi connectivity index (χ2v) is 6.04. The first-order chi connectivity index (χ1) is 10.7. The first-order valence-corrected chi connectivity index (χ1v) is 7.91. The van der Waals surface area contributed by atoms with E-state index in [9.17, 15) is 10.1 Å². The molecule has 3 heterocycles. The Bertz CT molecular complexity index is 502. The van der Waals surface area contributed by atoms with Crippen LogP contribution in [0.3, 0.4) is 0 Å². The zero-order valence-corrected chi connectivity index (χ0v) is 12.6. The molecule has 0 aliphatic carbocycles. The Morgan fingerprint density at radius 2 is 2.32 bits per heavy atom. The zero-order valence-electron chi connectivity index (χ0n) is 12.6. The number of hydrogen-bond acceptors (Lipinski definition) is 6. The summed E-state index contributed by atoms with van der Waals surface area (Å²) in [6, 6.07) is 3.50. The predicted molar refractivity (Wildman–Crippen MR) is 83.0 cm³/mol. The molecule has 0 bridgehead atoms. The number of nitrogens with zero attached hydrogens (tertiary/aromatic N) is 3. The van der Waals surface area contributed by atoms with Gasteiger partial charge in [-0.1, -0.05) is 0 Å². The lowest BCUT2D eigenvalue weighted by molar-refractivity contribution is -0.385. The second-order valence-electron chi connectivity index (χ2n) is 6.04. The summed E-state index contributed by atoms with van der Waals surface area (Å²) in [6.07, 6.45) is 6.36. The molecule has 2 aliphatic heterocycles. The fraction of sp³-hybridized carbons (Fsp3) is 0.667. The van der Waals surface area contributed by atoms with E-state index in [1.165, 1.54) is 31.5 Å². The molecule has 2 aliphatic rings. The molecule has 120 valence electrons. The van der Waals surface area contributed by atoms with E-state index in [0.717, 1.165) is 32.7 Å². The van der Waals surface area contributed by atoms with Gasteiger partial charge in [-0.25, -0.2) is 4.98 Å². The summed E-state index contributed by atoms with van der Waals surface area (Å²) in [7, 11) is 0. The van der Waals surface area contributed by atoms with Crippen molar-refractivity contribution in [1.82, 2.24) is 9.88 Å². The topological polar surface area (TPSA) is 80.5 Å². The molecule has 1 aromatic rings. The van der Waals surface area contributed by atoms with Crippen LogP contribution in [0.5, 0.6) is 0 Å². The average Bonchev–Trinajstić information content (AvgIpc) is 2.96. The van der Waals surface area contributed by atoms with Crippen molar-refractivity contribution in [3.05, 3.63) is 28.4 Å². The highest BCUT2D eigenvalue weighted by Gasteiger charge is 2.26. The van der Waals surface area contributed by atoms with Gasteiger partial charge >= 0.3 is 0 Å². The van der Waals surface area contributed by atoms with Crippen LogP contribution in [0.15, 0.2) is 18.3 Å². The number of hydrogen-bond donors (Lipinski definition) is 1. The van der Waals surface area contributed by atoms with E-state index in [1.807, 2.05) is 0 Å². The largest absolute Gasteiger partial charge is 0.377 e. The molecular formula is C15H22N4O3. The molecule has 0 aromatic carbocycles. The zero-order chi connectivity index (χ0) is 15.4. The Morgan fingerprint density at radius 3 is 3.00 bits per heavy atom. The van der Waals surface area contributed by atoms with Crippen molar-refractivity contribution < 1.29 is 9.66 Å². The molecule has 7 nitrogen and oxygen atoms in total. The van der Waals surface area contributed by atoms with Crippen LogP contribution in [0.2, 0.25) is 0 Å². The van der Waals surface area contributed by atoms with Gasteiger partial charge in [0.15, 0.2) is 0 Å². The third kappa shape index (κ3) is 3.92. The SMILES string of the molecule is O=[N+]([O-])c1ccc(N[C@@H]2CCN(C[C@H]3CCCCO3)C2)nc1. The minimum atomic E-state index is -0.432. The van der Waals surface area contributed by atoms with E-state index >= 15 is 0 Å². The summed E-state index contributed by atoms with van der Waals surface area (Å²) in [5.41, 5.74) is 0.0213. The number of aromatic nitrogens is 1. The molecule has 0 spiro atoms. The predicted octanol–water partition coefficient (Wildman–Crippen LogP) is 2.05. The first-order valence-electron chi connectivity index (χ1n) is 7.91. The number of anilines is 1. The number of likely N-dealkylation sites (tertiary alicyclic amines) is 1. The molecule has 22 heavy (non-hydrogen) atoms. The number of pyridine rings is 1. The lowest BCUT2D eigenvalue weighted by Gasteiger charge is -2.27. The molecule has 7 heteroatoms. The molecule has 2 fully saturated rings. The van der Waals surface area contributed by atoms with Gasteiger partial charge < -0.3 is 10.1 Å². The van der Waals surface area contributed by atoms with Crippen molar-refractivity contribution in [2.24, 2.45) is 0 Å². The van der Waals surface area contributed by atoms with E-state index < -0.39 is 4.92 Å². The number of ether oxygens (including phenoxy) is 1. The van der Waals surface area contributed by atoms with Crippen LogP contribution in [0.25, 0.3) is 0 Å². The van der Waals surface area contributed by atoms with Crippen LogP contribution >= 0.6 is 0 Å². The summed E-state index contributed by atoms with van der Waals surface area (Å²) in [4.78, 5) is 16.7. The Hall–Kier alpha value is -1.73. The normalized spacial score (nSPS) is 26.0. The lowest BCUT2D eigenvalue weighted by Crippen LogP contribution is -2.35. The standard InChI is InChI=1S/C15H22N4O3/c20-19(21)13-4-5-15(16-9-13)17-12-6-7-18(10-12)11-14-3-1-2-8-22-14/h4-5,9,12,14H,1-3,6-8,10-11H2,(H,16,17)/t12-,14-/m1/s1. The quantitative estimate of drug-likeness (QED) is 0.662. The van der Waals surface area contributed by atoms with Crippen LogP contribution in [0, 0.1) is 10.1 Å². The van der Waals surface area contributed by atoms with Crippen LogP contribution in [0.4, 0.5) is 11.5 Å². The summed E-state index contributed by atoms with van der Waals surface area (Å²) in [6.45, 7) is 3.93. The van der Waals surface area contributed by atoms with Gasteiger partial charge in [0.25, 0.3) is 5.69 Å². The van der Waals surface area contributed by atoms with Gasteiger partial charge in [-0.2, -0.15) is 0 Å². The maximum Gasteiger partial charge on any atom is 0.287 e. The van der Waals surface area contributed by atoms with Gasteiger partial charge in [-0.15, -0.1) is 0 Å². The molecule has 1 N–H and O–H groups in total. The van der Waals surface area contributed by atoms with Crippen molar-refractivity contribution >= 4 is 11.5 Å². The number of nitrogens with one attached hydrogen (secondary N) is 1. The molecule has 2 saturated heterocycles. The molecule has 3 rings (SSSR count). The van der Waals surface area contributed by atoms with Crippen LogP contribution in [0.1, 0.15) is 25.7 Å². The van der Waals surface area contributed by atoms with Gasteiger partial charge in [0.1, 0.15) is 12.0 Å². The third-order valence-electron chi connectivity index (χ3n) is 4.32. The minimum absolute atomic E-state index is 0.0213. The molecule has 0 amide bonds. The highest BCUT2D eigenvalue weighted by molar-refractivity contribution is 5.41. The van der Waals surface area contributed by atoms with E-state index in [1.54, 1.807) is 6.07 Å². The Labute approximate surface area is 129 Å². The van der Waals surface area contributed by atoms with Crippen molar-refractivity contribution in [2.45, 2.75) is 37.8 Å². The van der Waals surface area contributed by atoms with Crippen LogP contribution in [-0.4, -0.2) is 53.2 Å². The minimum Gasteiger partial charge on any atom is -0.377 e. The lowest BCUT2D eigenvalue weighted by atomic mass is 10.1. The summed E-state index contributed by atoms with van der Waals surface area (Å²) < 4.78 is 5.79. The maximum atomic E-state index is 10.6. The van der Waals surface area contributed by atoms with Crippen LogP contribution < -0.4 is 5.32 Å². The van der Waals surface area contributed by atoms with Gasteiger partial charge in [-0.05, 0) is 31.7 Å². The smallest absolute Gasteiger partial charge is 0.287 e. The highest BCUT2D eigenvalue weighted by Crippen LogP contribution is 2.19. The van der Waals surface area contributed by atoms with Gasteiger partial charge in [0.05, 0.1) is 11.0 Å². The van der Waals surface area contributed by atoms with E-state index in [0.29, 0.717) is 18.0 Å². The van der Waals surface area contributed by atoms with Gasteiger partial charge in [0.2, 0.25) is 0 Å². The average molecular weight is 306 g/mol. The Balaban J connectivity index is 1.47. The van der Waals surface area contributed by atoms with Crippen molar-refractivity contribution in [2.75, 3.05) is 31.6 Å². The maximum absolute atomic E-state index is 10.6. The molecule has 0 unspecified atom stereocenters. The van der Waals surface area contributed by atoms with Crippen LogP contribution in [-0.2, 0) is 4.74 Å². The molecular weight excluding hydrogens is 284 g/mol. The Kier molecular flexibility index (Phi) is 4.84. The summed E-state index contributed by atoms with van der Waals surface area (Å²) in [5.74, 6) is 0.700. The highest BCUT2D eigenvalue weighted by atomic mass is 16.6. The second kappa shape index (κ2) is 7.02. The molecule has 0 saturated carbocycles. The molecule has 2 atom stereocenters. The fourth-order valence-corrected chi connectivity index (χ4v) is 3.14. The molecule has 1 aromatic heterocycles. The summed E-state index contributed by atoms with van der Waals surface area (Å²) >= 11 is 0. The van der Waals surface area contributed by atoms with Gasteiger partial charge in [-0.3, -0.25) is 15.0 Å². The van der Waals surface area contributed by atoms with Crippen molar-refractivity contribution in [3.63, 3.8) is 0 Å². The third-order valence-corrected chi connectivity index (χ3v) is 4.32. The number of rotatable bonds is 5. The Morgan fingerprint density at radius 1 is 1.41 bits per heavy atom. The number of nitro groups is 1. The first kappa shape index (κ1) is 15.2.